The lowest BCUT2D eigenvalue weighted by Gasteiger charge is -2.34. The van der Waals surface area contributed by atoms with Crippen molar-refractivity contribution in [1.82, 2.24) is 40.3 Å². The molecule has 1 fully saturated rings. The summed E-state index contributed by atoms with van der Waals surface area (Å²) in [5, 5.41) is 16.6. The van der Waals surface area contributed by atoms with Crippen molar-refractivity contribution in [2.75, 3.05) is 32.7 Å². The van der Waals surface area contributed by atoms with E-state index in [1.54, 1.807) is 0 Å². The number of fused-ring (bicyclic) bond motifs is 1. The van der Waals surface area contributed by atoms with E-state index >= 15 is 0 Å². The van der Waals surface area contributed by atoms with Crippen molar-refractivity contribution in [3.05, 3.63) is 42.2 Å². The van der Waals surface area contributed by atoms with E-state index in [-0.39, 0.29) is 12.5 Å². The number of imidazole rings is 1. The SMILES string of the molecule is O=C(NCCc1nc2ccccc2[nH]1)N1CCN(Cc2ncn[nH]2)CC1.O=CO. The molecular weight excluding hydrogens is 376 g/mol. The predicted octanol–water partition coefficient (Wildman–Crippen LogP) is 0.452. The first-order chi connectivity index (χ1) is 14.2. The lowest BCUT2D eigenvalue weighted by molar-refractivity contribution is -0.122. The van der Waals surface area contributed by atoms with Crippen molar-refractivity contribution in [2.24, 2.45) is 0 Å². The molecule has 4 rings (SSSR count). The van der Waals surface area contributed by atoms with Crippen molar-refractivity contribution in [3.63, 3.8) is 0 Å². The second-order valence-electron chi connectivity index (χ2n) is 6.48. The molecule has 0 radical (unpaired) electrons. The van der Waals surface area contributed by atoms with Gasteiger partial charge in [-0.2, -0.15) is 5.10 Å². The maximum atomic E-state index is 12.3. The van der Waals surface area contributed by atoms with E-state index in [0.29, 0.717) is 26.1 Å². The first-order valence-corrected chi connectivity index (χ1v) is 9.30. The molecule has 0 spiro atoms. The molecule has 1 aliphatic rings. The van der Waals surface area contributed by atoms with Crippen molar-refractivity contribution in [2.45, 2.75) is 13.0 Å². The first kappa shape index (κ1) is 20.3. The highest BCUT2D eigenvalue weighted by atomic mass is 16.3. The molecule has 3 heterocycles. The van der Waals surface area contributed by atoms with Crippen LogP contribution in [0, 0.1) is 0 Å². The molecule has 11 heteroatoms. The summed E-state index contributed by atoms with van der Waals surface area (Å²) in [4.78, 5) is 36.7. The van der Waals surface area contributed by atoms with E-state index in [1.807, 2.05) is 29.2 Å². The number of hydrogen-bond acceptors (Lipinski definition) is 6. The number of carboxylic acid groups (broad SMARTS) is 1. The number of carbonyl (C=O) groups excluding carboxylic acids is 1. The second-order valence-corrected chi connectivity index (χ2v) is 6.48. The highest BCUT2D eigenvalue weighted by Crippen LogP contribution is 2.10. The van der Waals surface area contributed by atoms with Gasteiger partial charge in [0.2, 0.25) is 0 Å². The van der Waals surface area contributed by atoms with Crippen LogP contribution in [0.4, 0.5) is 4.79 Å². The van der Waals surface area contributed by atoms with Gasteiger partial charge in [-0.1, -0.05) is 12.1 Å². The molecule has 29 heavy (non-hydrogen) atoms. The number of benzene rings is 1. The number of H-pyrrole nitrogens is 2. The Morgan fingerprint density at radius 2 is 1.97 bits per heavy atom. The fourth-order valence-electron chi connectivity index (χ4n) is 3.15. The van der Waals surface area contributed by atoms with Crippen LogP contribution in [0.5, 0.6) is 0 Å². The molecule has 4 N–H and O–H groups in total. The molecule has 0 bridgehead atoms. The summed E-state index contributed by atoms with van der Waals surface area (Å²) in [6, 6.07) is 7.92. The van der Waals surface area contributed by atoms with E-state index in [9.17, 15) is 4.79 Å². The third-order valence-electron chi connectivity index (χ3n) is 4.57. The summed E-state index contributed by atoms with van der Waals surface area (Å²) in [6.45, 7) is 4.14. The number of hydrogen-bond donors (Lipinski definition) is 4. The van der Waals surface area contributed by atoms with Crippen LogP contribution in [0.2, 0.25) is 0 Å². The van der Waals surface area contributed by atoms with Gasteiger partial charge in [-0.05, 0) is 12.1 Å². The number of para-hydroxylation sites is 2. The molecule has 2 aromatic heterocycles. The van der Waals surface area contributed by atoms with Gasteiger partial charge in [-0.25, -0.2) is 14.8 Å². The number of aromatic nitrogens is 5. The first-order valence-electron chi connectivity index (χ1n) is 9.30. The normalized spacial score (nSPS) is 14.3. The Morgan fingerprint density at radius 1 is 1.21 bits per heavy atom. The Labute approximate surface area is 167 Å². The number of urea groups is 1. The van der Waals surface area contributed by atoms with Gasteiger partial charge in [0.1, 0.15) is 18.0 Å². The molecule has 1 aromatic carbocycles. The minimum absolute atomic E-state index is 0.0135. The van der Waals surface area contributed by atoms with Gasteiger partial charge < -0.3 is 20.3 Å². The van der Waals surface area contributed by atoms with Crippen molar-refractivity contribution < 1.29 is 14.7 Å². The highest BCUT2D eigenvalue weighted by molar-refractivity contribution is 5.75. The van der Waals surface area contributed by atoms with Gasteiger partial charge in [0, 0.05) is 39.1 Å². The number of carbonyl (C=O) groups is 2. The van der Waals surface area contributed by atoms with Crippen molar-refractivity contribution >= 4 is 23.5 Å². The molecule has 1 saturated heterocycles. The van der Waals surface area contributed by atoms with Gasteiger partial charge in [0.15, 0.2) is 0 Å². The Hall–Kier alpha value is -3.47. The molecule has 2 amide bonds. The largest absolute Gasteiger partial charge is 0.483 e. The summed E-state index contributed by atoms with van der Waals surface area (Å²) >= 11 is 0. The van der Waals surface area contributed by atoms with Gasteiger partial charge in [-0.15, -0.1) is 0 Å². The van der Waals surface area contributed by atoms with Crippen LogP contribution in [0.25, 0.3) is 11.0 Å². The quantitative estimate of drug-likeness (QED) is 0.455. The van der Waals surface area contributed by atoms with E-state index in [2.05, 4.69) is 35.4 Å². The van der Waals surface area contributed by atoms with Crippen LogP contribution in [0.15, 0.2) is 30.6 Å². The van der Waals surface area contributed by atoms with E-state index in [1.165, 1.54) is 6.33 Å². The summed E-state index contributed by atoms with van der Waals surface area (Å²) in [7, 11) is 0. The lowest BCUT2D eigenvalue weighted by Crippen LogP contribution is -2.51. The number of nitrogens with one attached hydrogen (secondary N) is 3. The Bertz CT molecular complexity index is 870. The predicted molar refractivity (Wildman–Crippen MR) is 105 cm³/mol. The topological polar surface area (TPSA) is 143 Å². The molecule has 0 aliphatic carbocycles. The number of piperazine rings is 1. The van der Waals surface area contributed by atoms with Crippen LogP contribution in [-0.4, -0.2) is 85.3 Å². The monoisotopic (exact) mass is 400 g/mol. The van der Waals surface area contributed by atoms with E-state index in [0.717, 1.165) is 42.3 Å². The molecule has 1 aliphatic heterocycles. The highest BCUT2D eigenvalue weighted by Gasteiger charge is 2.21. The fraction of sp³-hybridized carbons (Fsp3) is 0.389. The number of amides is 2. The standard InChI is InChI=1S/C17H22N8O.CH2O2/c26-17(18-6-5-15-21-13-3-1-2-4-14(13)22-15)25-9-7-24(8-10-25)11-16-19-12-20-23-16;2-1-3/h1-4,12H,5-11H2,(H,18,26)(H,21,22)(H,19,20,23);1H,(H,2,3). The molecule has 0 saturated carbocycles. The molecule has 0 unspecified atom stereocenters. The van der Waals surface area contributed by atoms with Gasteiger partial charge in [0.05, 0.1) is 17.6 Å². The number of aromatic amines is 2. The van der Waals surface area contributed by atoms with E-state index < -0.39 is 0 Å². The lowest BCUT2D eigenvalue weighted by atomic mass is 10.3. The zero-order valence-corrected chi connectivity index (χ0v) is 15.9. The number of rotatable bonds is 5. The Morgan fingerprint density at radius 3 is 2.66 bits per heavy atom. The zero-order valence-electron chi connectivity index (χ0n) is 15.9. The second kappa shape index (κ2) is 10.2. The van der Waals surface area contributed by atoms with Gasteiger partial charge >= 0.3 is 6.03 Å². The van der Waals surface area contributed by atoms with Crippen LogP contribution in [-0.2, 0) is 17.8 Å². The van der Waals surface area contributed by atoms with Crippen molar-refractivity contribution in [1.29, 1.82) is 0 Å². The Balaban J connectivity index is 0.000000755. The molecule has 0 atom stereocenters. The fourth-order valence-corrected chi connectivity index (χ4v) is 3.15. The summed E-state index contributed by atoms with van der Waals surface area (Å²) in [5.41, 5.74) is 1.98. The third kappa shape index (κ3) is 5.75. The summed E-state index contributed by atoms with van der Waals surface area (Å²) in [5.74, 6) is 1.75. The smallest absolute Gasteiger partial charge is 0.317 e. The maximum absolute atomic E-state index is 12.3. The zero-order chi connectivity index (χ0) is 20.5. The Kier molecular flexibility index (Phi) is 7.11. The summed E-state index contributed by atoms with van der Waals surface area (Å²) < 4.78 is 0. The van der Waals surface area contributed by atoms with Crippen LogP contribution in [0.3, 0.4) is 0 Å². The molecule has 3 aromatic rings. The van der Waals surface area contributed by atoms with E-state index in [4.69, 9.17) is 9.90 Å². The van der Waals surface area contributed by atoms with Crippen LogP contribution >= 0.6 is 0 Å². The molecular formula is C18H24N8O3. The maximum Gasteiger partial charge on any atom is 0.317 e. The average molecular weight is 400 g/mol. The third-order valence-corrected chi connectivity index (χ3v) is 4.57. The minimum atomic E-state index is -0.250. The van der Waals surface area contributed by atoms with Gasteiger partial charge in [0.25, 0.3) is 6.47 Å². The van der Waals surface area contributed by atoms with Crippen LogP contribution < -0.4 is 5.32 Å². The van der Waals surface area contributed by atoms with Crippen molar-refractivity contribution in [3.8, 4) is 0 Å². The minimum Gasteiger partial charge on any atom is -0.483 e. The average Bonchev–Trinajstić information content (AvgIpc) is 3.38. The summed E-state index contributed by atoms with van der Waals surface area (Å²) in [6.07, 6.45) is 2.20. The number of nitrogens with zero attached hydrogens (tertiary/aromatic N) is 5. The molecule has 11 nitrogen and oxygen atoms in total. The molecule has 154 valence electrons. The van der Waals surface area contributed by atoms with Gasteiger partial charge in [-0.3, -0.25) is 14.8 Å². The van der Waals surface area contributed by atoms with Crippen LogP contribution in [0.1, 0.15) is 11.6 Å².